The minimum Gasteiger partial charge on any atom is -0.381 e. The van der Waals surface area contributed by atoms with E-state index in [1.807, 2.05) is 0 Å². The molecule has 20 heavy (non-hydrogen) atoms. The summed E-state index contributed by atoms with van der Waals surface area (Å²) >= 11 is 0.796. The summed E-state index contributed by atoms with van der Waals surface area (Å²) < 4.78 is 48.2. The van der Waals surface area contributed by atoms with E-state index in [-0.39, 0.29) is 6.04 Å². The predicted octanol–water partition coefficient (Wildman–Crippen LogP) is 3.66. The molecule has 1 aliphatic rings. The molecule has 0 saturated carbocycles. The normalized spacial score (nSPS) is 23.6. The molecule has 0 unspecified atom stereocenters. The molecule has 0 radical (unpaired) electrons. The molecule has 0 amide bonds. The maximum atomic E-state index is 12.3. The second kappa shape index (κ2) is 6.85. The monoisotopic (exact) mass is 323 g/mol. The van der Waals surface area contributed by atoms with Crippen LogP contribution in [-0.4, -0.2) is 33.7 Å². The predicted molar refractivity (Wildman–Crippen MR) is 77.7 cm³/mol. The Labute approximate surface area is 123 Å². The van der Waals surface area contributed by atoms with Crippen LogP contribution in [0, 0.1) is 0 Å². The largest absolute Gasteiger partial charge is 0.398 e. The average Bonchev–Trinajstić information content (AvgIpc) is 2.39. The first-order valence-corrected chi connectivity index (χ1v) is 8.81. The zero-order valence-corrected chi connectivity index (χ0v) is 12.4. The van der Waals surface area contributed by atoms with Crippen LogP contribution < -0.4 is 5.32 Å². The lowest BCUT2D eigenvalue weighted by Gasteiger charge is -2.24. The van der Waals surface area contributed by atoms with Crippen molar-refractivity contribution >= 4 is 28.2 Å². The molecule has 1 aromatic rings. The summed E-state index contributed by atoms with van der Waals surface area (Å²) in [6.45, 7) is 0. The molecule has 1 N–H and O–H groups in total. The van der Waals surface area contributed by atoms with Crippen LogP contribution in [0.4, 0.5) is 18.9 Å². The Hall–Kier alpha value is -0.690. The molecule has 2 nitrogen and oxygen atoms in total. The Balaban J connectivity index is 1.98. The fourth-order valence-corrected chi connectivity index (χ4v) is 4.10. The zero-order valence-electron chi connectivity index (χ0n) is 10.8. The van der Waals surface area contributed by atoms with Crippen LogP contribution in [0.1, 0.15) is 12.8 Å². The van der Waals surface area contributed by atoms with Crippen molar-refractivity contribution in [3.8, 4) is 0 Å². The molecule has 1 heterocycles. The van der Waals surface area contributed by atoms with Gasteiger partial charge in [0.2, 0.25) is 0 Å². The van der Waals surface area contributed by atoms with E-state index in [0.29, 0.717) is 16.4 Å². The summed E-state index contributed by atoms with van der Waals surface area (Å²) in [4.78, 5) is 0.608. The number of hydrogen-bond donors (Lipinski definition) is 1. The van der Waals surface area contributed by atoms with Crippen molar-refractivity contribution in [2.75, 3.05) is 22.6 Å². The van der Waals surface area contributed by atoms with Crippen molar-refractivity contribution in [2.45, 2.75) is 30.0 Å². The molecule has 1 fully saturated rings. The molecular formula is C13H16F3NOS2. The molecule has 112 valence electrons. The maximum Gasteiger partial charge on any atom is 0.398 e. The summed E-state index contributed by atoms with van der Waals surface area (Å²) in [7, 11) is -0.733. The van der Waals surface area contributed by atoms with Crippen LogP contribution in [0.3, 0.4) is 0 Å². The van der Waals surface area contributed by atoms with Gasteiger partial charge in [-0.05, 0) is 25.0 Å². The number of thioether (sulfide) groups is 1. The Morgan fingerprint density at radius 1 is 1.25 bits per heavy atom. The summed E-state index contributed by atoms with van der Waals surface area (Å²) in [6.07, 6.45) is -2.57. The molecule has 1 aromatic carbocycles. The highest BCUT2D eigenvalue weighted by Crippen LogP contribution is 2.33. The SMILES string of the molecule is O=S1CCC(Nc2ccccc2SCC(F)(F)F)CC1. The maximum absolute atomic E-state index is 12.3. The van der Waals surface area contributed by atoms with Gasteiger partial charge in [-0.25, -0.2) is 0 Å². The highest BCUT2D eigenvalue weighted by atomic mass is 32.2. The van der Waals surface area contributed by atoms with Gasteiger partial charge in [0, 0.05) is 38.9 Å². The van der Waals surface area contributed by atoms with Crippen molar-refractivity contribution in [3.63, 3.8) is 0 Å². The standard InChI is InChI=1S/C13H16F3NOS2/c14-13(15,16)9-19-12-4-2-1-3-11(12)17-10-5-7-20(18)8-6-10/h1-4,10,17H,5-9H2. The highest BCUT2D eigenvalue weighted by Gasteiger charge is 2.28. The lowest BCUT2D eigenvalue weighted by atomic mass is 10.1. The van der Waals surface area contributed by atoms with Gasteiger partial charge in [-0.2, -0.15) is 13.2 Å². The lowest BCUT2D eigenvalue weighted by Crippen LogP contribution is -2.29. The third kappa shape index (κ3) is 5.01. The lowest BCUT2D eigenvalue weighted by molar-refractivity contribution is -0.105. The van der Waals surface area contributed by atoms with Crippen LogP contribution in [0.2, 0.25) is 0 Å². The Morgan fingerprint density at radius 3 is 2.55 bits per heavy atom. The van der Waals surface area contributed by atoms with Gasteiger partial charge in [-0.15, -0.1) is 11.8 Å². The van der Waals surface area contributed by atoms with Crippen LogP contribution in [0.5, 0.6) is 0 Å². The van der Waals surface area contributed by atoms with Gasteiger partial charge in [0.05, 0.1) is 5.75 Å². The molecule has 7 heteroatoms. The molecular weight excluding hydrogens is 307 g/mol. The number of hydrogen-bond acceptors (Lipinski definition) is 3. The minimum absolute atomic E-state index is 0.195. The minimum atomic E-state index is -4.17. The van der Waals surface area contributed by atoms with Crippen molar-refractivity contribution in [3.05, 3.63) is 24.3 Å². The second-order valence-corrected chi connectivity index (χ2v) is 7.38. The molecule has 0 aliphatic carbocycles. The van der Waals surface area contributed by atoms with E-state index in [0.717, 1.165) is 30.3 Å². The van der Waals surface area contributed by atoms with Crippen LogP contribution >= 0.6 is 11.8 Å². The zero-order chi connectivity index (χ0) is 14.6. The number of halogens is 3. The molecule has 1 aliphatic heterocycles. The first-order chi connectivity index (χ1) is 9.44. The quantitative estimate of drug-likeness (QED) is 0.857. The molecule has 0 atom stereocenters. The van der Waals surface area contributed by atoms with E-state index in [1.165, 1.54) is 0 Å². The van der Waals surface area contributed by atoms with E-state index in [4.69, 9.17) is 0 Å². The third-order valence-corrected chi connectivity index (χ3v) is 5.55. The van der Waals surface area contributed by atoms with Gasteiger partial charge >= 0.3 is 6.18 Å². The van der Waals surface area contributed by atoms with Gasteiger partial charge < -0.3 is 5.32 Å². The fraction of sp³-hybridized carbons (Fsp3) is 0.538. The van der Waals surface area contributed by atoms with Gasteiger partial charge in [0.25, 0.3) is 0 Å². The number of anilines is 1. The van der Waals surface area contributed by atoms with Gasteiger partial charge in [0.15, 0.2) is 0 Å². The molecule has 0 aromatic heterocycles. The number of nitrogens with one attached hydrogen (secondary N) is 1. The van der Waals surface area contributed by atoms with Crippen LogP contribution in [-0.2, 0) is 10.8 Å². The van der Waals surface area contributed by atoms with E-state index >= 15 is 0 Å². The second-order valence-electron chi connectivity index (χ2n) is 4.67. The van der Waals surface area contributed by atoms with Gasteiger partial charge in [-0.3, -0.25) is 4.21 Å². The summed E-state index contributed by atoms with van der Waals surface area (Å²) in [5.74, 6) is 0.436. The number of benzene rings is 1. The van der Waals surface area contributed by atoms with Crippen LogP contribution in [0.15, 0.2) is 29.2 Å². The van der Waals surface area contributed by atoms with Crippen molar-refractivity contribution < 1.29 is 17.4 Å². The van der Waals surface area contributed by atoms with E-state index in [2.05, 4.69) is 5.32 Å². The first-order valence-electron chi connectivity index (χ1n) is 6.34. The topological polar surface area (TPSA) is 29.1 Å². The Bertz CT molecular complexity index is 469. The Kier molecular flexibility index (Phi) is 5.37. The number of alkyl halides is 3. The van der Waals surface area contributed by atoms with Crippen molar-refractivity contribution in [2.24, 2.45) is 0 Å². The Morgan fingerprint density at radius 2 is 1.90 bits per heavy atom. The molecule has 2 rings (SSSR count). The summed E-state index contributed by atoms with van der Waals surface area (Å²) in [5.41, 5.74) is 0.736. The van der Waals surface area contributed by atoms with Gasteiger partial charge in [-0.1, -0.05) is 12.1 Å². The van der Waals surface area contributed by atoms with E-state index < -0.39 is 22.7 Å². The molecule has 1 saturated heterocycles. The number of rotatable bonds is 4. The van der Waals surface area contributed by atoms with Crippen LogP contribution in [0.25, 0.3) is 0 Å². The average molecular weight is 323 g/mol. The third-order valence-electron chi connectivity index (χ3n) is 3.03. The number of para-hydroxylation sites is 1. The highest BCUT2D eigenvalue weighted by molar-refractivity contribution is 7.99. The summed E-state index contributed by atoms with van der Waals surface area (Å²) in [5, 5.41) is 3.28. The summed E-state index contributed by atoms with van der Waals surface area (Å²) in [6, 6.07) is 7.23. The fourth-order valence-electron chi connectivity index (χ4n) is 2.03. The van der Waals surface area contributed by atoms with E-state index in [1.54, 1.807) is 24.3 Å². The van der Waals surface area contributed by atoms with E-state index in [9.17, 15) is 17.4 Å². The van der Waals surface area contributed by atoms with Crippen molar-refractivity contribution in [1.82, 2.24) is 0 Å². The van der Waals surface area contributed by atoms with Crippen molar-refractivity contribution in [1.29, 1.82) is 0 Å². The first kappa shape index (κ1) is 15.7. The molecule has 0 spiro atoms. The van der Waals surface area contributed by atoms with Gasteiger partial charge in [0.1, 0.15) is 0 Å². The smallest absolute Gasteiger partial charge is 0.381 e. The molecule has 0 bridgehead atoms.